The van der Waals surface area contributed by atoms with Crippen LogP contribution >= 0.6 is 0 Å². The summed E-state index contributed by atoms with van der Waals surface area (Å²) in [6, 6.07) is 2.51. The Hall–Kier alpha value is -2.16. The molecule has 2 aromatic heterocycles. The third-order valence-corrected chi connectivity index (χ3v) is 8.00. The molecule has 0 bridgehead atoms. The molecule has 1 atom stereocenters. The second-order valence-corrected chi connectivity index (χ2v) is 10.1. The van der Waals surface area contributed by atoms with Gasteiger partial charge in [-0.3, -0.25) is 0 Å². The lowest BCUT2D eigenvalue weighted by molar-refractivity contribution is 0.260. The molecule has 0 unspecified atom stereocenters. The fourth-order valence-electron chi connectivity index (χ4n) is 5.41. The van der Waals surface area contributed by atoms with Gasteiger partial charge in [-0.1, -0.05) is 32.6 Å². The molecule has 3 fully saturated rings. The number of nitrogens with one attached hydrogen (secondary N) is 1. The third-order valence-electron chi connectivity index (χ3n) is 8.00. The summed E-state index contributed by atoms with van der Waals surface area (Å²) in [4.78, 5) is 14.2. The van der Waals surface area contributed by atoms with E-state index in [1.807, 2.05) is 0 Å². The monoisotopic (exact) mass is 406 g/mol. The van der Waals surface area contributed by atoms with Gasteiger partial charge in [-0.15, -0.1) is 0 Å². The molecule has 2 aromatic rings. The SMILES string of the molecule is C[C@@H](Nc1nc(C#N)nc2nc(C3CCC3)n(C[C@H]3CC[C@H](C)CC3)c12)C1CCC1. The first-order valence-electron chi connectivity index (χ1n) is 12.1. The fraction of sp³-hybridized carbons (Fsp3) is 0.750. The minimum atomic E-state index is 0.224. The van der Waals surface area contributed by atoms with Gasteiger partial charge in [0.15, 0.2) is 11.5 Å². The fourth-order valence-corrected chi connectivity index (χ4v) is 5.41. The van der Waals surface area contributed by atoms with Crippen LogP contribution in [-0.4, -0.2) is 25.6 Å². The Morgan fingerprint density at radius 2 is 1.77 bits per heavy atom. The molecule has 0 radical (unpaired) electrons. The molecule has 6 nitrogen and oxygen atoms in total. The van der Waals surface area contributed by atoms with E-state index in [4.69, 9.17) is 4.98 Å². The number of aromatic nitrogens is 4. The van der Waals surface area contributed by atoms with Gasteiger partial charge in [0.2, 0.25) is 5.82 Å². The van der Waals surface area contributed by atoms with Crippen molar-refractivity contribution in [3.8, 4) is 6.07 Å². The first-order chi connectivity index (χ1) is 14.6. The number of anilines is 1. The molecule has 2 heterocycles. The van der Waals surface area contributed by atoms with Gasteiger partial charge in [0, 0.05) is 18.5 Å². The number of hydrogen-bond donors (Lipinski definition) is 1. The number of nitrogens with zero attached hydrogens (tertiary/aromatic N) is 5. The zero-order chi connectivity index (χ0) is 20.7. The normalized spacial score (nSPS) is 26.0. The maximum Gasteiger partial charge on any atom is 0.236 e. The van der Waals surface area contributed by atoms with Gasteiger partial charge in [0.25, 0.3) is 0 Å². The molecule has 0 aromatic carbocycles. The van der Waals surface area contributed by atoms with Crippen LogP contribution in [-0.2, 0) is 6.54 Å². The summed E-state index contributed by atoms with van der Waals surface area (Å²) in [5, 5.41) is 13.2. The maximum atomic E-state index is 9.51. The van der Waals surface area contributed by atoms with Crippen molar-refractivity contribution in [2.45, 2.75) is 96.6 Å². The predicted octanol–water partition coefficient (Wildman–Crippen LogP) is 5.39. The van der Waals surface area contributed by atoms with Crippen molar-refractivity contribution < 1.29 is 0 Å². The van der Waals surface area contributed by atoms with E-state index in [0.717, 1.165) is 23.8 Å². The Morgan fingerprint density at radius 1 is 1.03 bits per heavy atom. The first kappa shape index (κ1) is 19.8. The van der Waals surface area contributed by atoms with Crippen molar-refractivity contribution in [2.75, 3.05) is 5.32 Å². The molecular formula is C24H34N6. The first-order valence-corrected chi connectivity index (χ1v) is 12.1. The highest BCUT2D eigenvalue weighted by Crippen LogP contribution is 2.40. The van der Waals surface area contributed by atoms with Crippen LogP contribution in [0.5, 0.6) is 0 Å². The minimum Gasteiger partial charge on any atom is -0.365 e. The Labute approximate surface area is 179 Å². The van der Waals surface area contributed by atoms with E-state index in [0.29, 0.717) is 29.4 Å². The maximum absolute atomic E-state index is 9.51. The molecule has 3 saturated carbocycles. The Kier molecular flexibility index (Phi) is 5.39. The van der Waals surface area contributed by atoms with Crippen LogP contribution in [0.3, 0.4) is 0 Å². The molecule has 3 aliphatic rings. The van der Waals surface area contributed by atoms with E-state index in [1.54, 1.807) is 0 Å². The smallest absolute Gasteiger partial charge is 0.236 e. The van der Waals surface area contributed by atoms with Gasteiger partial charge in [-0.05, 0) is 63.2 Å². The molecule has 160 valence electrons. The number of hydrogen-bond acceptors (Lipinski definition) is 5. The average Bonchev–Trinajstić information content (AvgIpc) is 2.98. The summed E-state index contributed by atoms with van der Waals surface area (Å²) in [5.41, 5.74) is 1.73. The summed E-state index contributed by atoms with van der Waals surface area (Å²) in [5.74, 6) is 5.00. The van der Waals surface area contributed by atoms with Gasteiger partial charge < -0.3 is 9.88 Å². The number of rotatable bonds is 6. The van der Waals surface area contributed by atoms with Crippen LogP contribution in [0.25, 0.3) is 11.2 Å². The third kappa shape index (κ3) is 3.68. The predicted molar refractivity (Wildman–Crippen MR) is 118 cm³/mol. The molecule has 0 saturated heterocycles. The van der Waals surface area contributed by atoms with Crippen molar-refractivity contribution in [3.05, 3.63) is 11.6 Å². The molecule has 3 aliphatic carbocycles. The van der Waals surface area contributed by atoms with Crippen LogP contribution in [0.1, 0.15) is 95.6 Å². The number of fused-ring (bicyclic) bond motifs is 1. The Balaban J connectivity index is 1.55. The van der Waals surface area contributed by atoms with Gasteiger partial charge >= 0.3 is 0 Å². The van der Waals surface area contributed by atoms with Crippen molar-refractivity contribution >= 4 is 17.0 Å². The molecule has 0 amide bonds. The second-order valence-electron chi connectivity index (χ2n) is 10.1. The van der Waals surface area contributed by atoms with Crippen molar-refractivity contribution in [1.29, 1.82) is 5.26 Å². The van der Waals surface area contributed by atoms with Crippen LogP contribution in [0, 0.1) is 29.1 Å². The quantitative estimate of drug-likeness (QED) is 0.695. The summed E-state index contributed by atoms with van der Waals surface area (Å²) in [7, 11) is 0. The highest BCUT2D eigenvalue weighted by Gasteiger charge is 2.31. The number of nitriles is 1. The lowest BCUT2D eigenvalue weighted by Gasteiger charge is -2.33. The van der Waals surface area contributed by atoms with Crippen LogP contribution < -0.4 is 5.32 Å². The van der Waals surface area contributed by atoms with E-state index in [-0.39, 0.29) is 5.82 Å². The average molecular weight is 407 g/mol. The topological polar surface area (TPSA) is 79.4 Å². The summed E-state index contributed by atoms with van der Waals surface area (Å²) in [6.07, 6.45) is 12.8. The van der Waals surface area contributed by atoms with Crippen molar-refractivity contribution in [3.63, 3.8) is 0 Å². The van der Waals surface area contributed by atoms with Crippen LogP contribution in [0.2, 0.25) is 0 Å². The van der Waals surface area contributed by atoms with Crippen LogP contribution in [0.15, 0.2) is 0 Å². The summed E-state index contributed by atoms with van der Waals surface area (Å²) >= 11 is 0. The molecule has 0 spiro atoms. The van der Waals surface area contributed by atoms with E-state index in [9.17, 15) is 5.26 Å². The van der Waals surface area contributed by atoms with Crippen LogP contribution in [0.4, 0.5) is 5.82 Å². The minimum absolute atomic E-state index is 0.224. The molecule has 1 N–H and O–H groups in total. The van der Waals surface area contributed by atoms with Crippen molar-refractivity contribution in [1.82, 2.24) is 19.5 Å². The highest BCUT2D eigenvalue weighted by molar-refractivity contribution is 5.84. The van der Waals surface area contributed by atoms with E-state index < -0.39 is 0 Å². The number of imidazole rings is 1. The Morgan fingerprint density at radius 3 is 2.37 bits per heavy atom. The van der Waals surface area contributed by atoms with Crippen molar-refractivity contribution in [2.24, 2.45) is 17.8 Å². The largest absolute Gasteiger partial charge is 0.365 e. The van der Waals surface area contributed by atoms with E-state index in [2.05, 4.69) is 39.8 Å². The highest BCUT2D eigenvalue weighted by atomic mass is 15.2. The van der Waals surface area contributed by atoms with E-state index >= 15 is 0 Å². The standard InChI is InChI=1S/C24H34N6/c1-15-9-11-17(12-10-15)14-30-21-22(26-16(2)18-5-3-6-18)27-20(13-25)28-23(21)29-24(30)19-7-4-8-19/h15-19H,3-12,14H2,1-2H3,(H,26,27,28)/t15-,16-,17-/m1/s1. The lowest BCUT2D eigenvalue weighted by Crippen LogP contribution is -2.31. The molecule has 6 heteroatoms. The second kappa shape index (κ2) is 8.17. The van der Waals surface area contributed by atoms with Gasteiger partial charge in [0.1, 0.15) is 17.4 Å². The van der Waals surface area contributed by atoms with Gasteiger partial charge in [-0.2, -0.15) is 15.2 Å². The van der Waals surface area contributed by atoms with E-state index in [1.165, 1.54) is 70.0 Å². The molecule has 5 rings (SSSR count). The van der Waals surface area contributed by atoms with Gasteiger partial charge in [-0.25, -0.2) is 4.98 Å². The molecule has 30 heavy (non-hydrogen) atoms. The zero-order valence-electron chi connectivity index (χ0n) is 18.4. The Bertz CT molecular complexity index is 941. The summed E-state index contributed by atoms with van der Waals surface area (Å²) < 4.78 is 2.44. The van der Waals surface area contributed by atoms with Gasteiger partial charge in [0.05, 0.1) is 0 Å². The lowest BCUT2D eigenvalue weighted by atomic mass is 9.80. The molecular weight excluding hydrogens is 372 g/mol. The molecule has 0 aliphatic heterocycles. The zero-order valence-corrected chi connectivity index (χ0v) is 18.4. The summed E-state index contributed by atoms with van der Waals surface area (Å²) in [6.45, 7) is 5.64.